The van der Waals surface area contributed by atoms with Gasteiger partial charge in [0.1, 0.15) is 11.6 Å². The van der Waals surface area contributed by atoms with Gasteiger partial charge >= 0.3 is 0 Å². The molecule has 236 valence electrons. The molecule has 0 aromatic carbocycles. The SMILES string of the molecule is CCCCCCCCC(NC(=O)C1CCCN1C)C(=O)NCC(=O)NC(C)(C)C(=O)NCC(=O)NC(C)CC(C)C. The van der Waals surface area contributed by atoms with E-state index in [1.807, 2.05) is 18.9 Å². The number of hydrogen-bond donors (Lipinski definition) is 5. The van der Waals surface area contributed by atoms with E-state index >= 15 is 0 Å². The van der Waals surface area contributed by atoms with Crippen molar-refractivity contribution in [3.8, 4) is 0 Å². The molecule has 0 aromatic heterocycles. The molecule has 11 heteroatoms. The Kier molecular flexibility index (Phi) is 16.6. The highest BCUT2D eigenvalue weighted by atomic mass is 16.2. The van der Waals surface area contributed by atoms with Crippen LogP contribution in [-0.4, -0.2) is 84.8 Å². The van der Waals surface area contributed by atoms with E-state index in [0.717, 1.165) is 57.9 Å². The van der Waals surface area contributed by atoms with Crippen LogP contribution in [0.1, 0.15) is 106 Å². The Labute approximate surface area is 247 Å². The first kappa shape index (κ1) is 36.3. The maximum Gasteiger partial charge on any atom is 0.245 e. The smallest absolute Gasteiger partial charge is 0.245 e. The summed E-state index contributed by atoms with van der Waals surface area (Å²) in [6, 6.07) is -0.995. The van der Waals surface area contributed by atoms with E-state index in [4.69, 9.17) is 0 Å². The van der Waals surface area contributed by atoms with E-state index in [9.17, 15) is 24.0 Å². The zero-order chi connectivity index (χ0) is 31.0. The van der Waals surface area contributed by atoms with Gasteiger partial charge in [-0.3, -0.25) is 28.9 Å². The average molecular weight is 581 g/mol. The van der Waals surface area contributed by atoms with Crippen molar-refractivity contribution in [2.24, 2.45) is 5.92 Å². The molecule has 1 fully saturated rings. The molecule has 1 aliphatic heterocycles. The predicted molar refractivity (Wildman–Crippen MR) is 161 cm³/mol. The maximum atomic E-state index is 13.0. The summed E-state index contributed by atoms with van der Waals surface area (Å²) in [7, 11) is 1.90. The molecule has 5 amide bonds. The zero-order valence-electron chi connectivity index (χ0n) is 26.5. The van der Waals surface area contributed by atoms with Crippen molar-refractivity contribution < 1.29 is 24.0 Å². The van der Waals surface area contributed by atoms with Gasteiger partial charge in [-0.1, -0.05) is 59.3 Å². The van der Waals surface area contributed by atoms with Gasteiger partial charge in [-0.25, -0.2) is 0 Å². The van der Waals surface area contributed by atoms with Crippen LogP contribution in [0.15, 0.2) is 0 Å². The molecule has 1 heterocycles. The number of nitrogens with one attached hydrogen (secondary N) is 5. The van der Waals surface area contributed by atoms with Gasteiger partial charge < -0.3 is 26.6 Å². The summed E-state index contributed by atoms with van der Waals surface area (Å²) in [4.78, 5) is 65.3. The summed E-state index contributed by atoms with van der Waals surface area (Å²) >= 11 is 0. The number of likely N-dealkylation sites (tertiary alicyclic amines) is 1. The van der Waals surface area contributed by atoms with E-state index < -0.39 is 29.3 Å². The van der Waals surface area contributed by atoms with Crippen molar-refractivity contribution in [2.75, 3.05) is 26.7 Å². The Balaban J connectivity index is 2.60. The van der Waals surface area contributed by atoms with Gasteiger partial charge in [-0.2, -0.15) is 0 Å². The number of rotatable bonds is 19. The third-order valence-corrected chi connectivity index (χ3v) is 7.39. The minimum Gasteiger partial charge on any atom is -0.352 e. The summed E-state index contributed by atoms with van der Waals surface area (Å²) in [5, 5.41) is 13.5. The van der Waals surface area contributed by atoms with Crippen LogP contribution in [0.3, 0.4) is 0 Å². The van der Waals surface area contributed by atoms with E-state index in [-0.39, 0.29) is 37.0 Å². The Morgan fingerprint density at radius 1 is 0.878 bits per heavy atom. The van der Waals surface area contributed by atoms with Crippen LogP contribution in [-0.2, 0) is 24.0 Å². The lowest BCUT2D eigenvalue weighted by atomic mass is 10.0. The molecule has 3 atom stereocenters. The number of hydrogen-bond acceptors (Lipinski definition) is 6. The second-order valence-corrected chi connectivity index (χ2v) is 12.4. The molecule has 0 aliphatic carbocycles. The van der Waals surface area contributed by atoms with Crippen LogP contribution in [0.4, 0.5) is 0 Å². The second-order valence-electron chi connectivity index (χ2n) is 12.4. The molecule has 5 N–H and O–H groups in total. The van der Waals surface area contributed by atoms with Gasteiger partial charge in [-0.15, -0.1) is 0 Å². The Morgan fingerprint density at radius 2 is 1.51 bits per heavy atom. The first-order valence-electron chi connectivity index (χ1n) is 15.4. The highest BCUT2D eigenvalue weighted by Gasteiger charge is 2.32. The number of unbranched alkanes of at least 4 members (excludes halogenated alkanes) is 5. The molecule has 1 saturated heterocycles. The third kappa shape index (κ3) is 14.7. The summed E-state index contributed by atoms with van der Waals surface area (Å²) in [5.74, 6) is -1.52. The van der Waals surface area contributed by atoms with Crippen LogP contribution < -0.4 is 26.6 Å². The van der Waals surface area contributed by atoms with E-state index in [1.54, 1.807) is 0 Å². The van der Waals surface area contributed by atoms with Crippen molar-refractivity contribution in [1.29, 1.82) is 0 Å². The Bertz CT molecular complexity index is 862. The maximum absolute atomic E-state index is 13.0. The fourth-order valence-electron chi connectivity index (χ4n) is 5.12. The van der Waals surface area contributed by atoms with Crippen molar-refractivity contribution in [3.63, 3.8) is 0 Å². The molecule has 3 unspecified atom stereocenters. The molecular weight excluding hydrogens is 524 g/mol. The topological polar surface area (TPSA) is 149 Å². The molecule has 0 bridgehead atoms. The zero-order valence-corrected chi connectivity index (χ0v) is 26.5. The lowest BCUT2D eigenvalue weighted by molar-refractivity contribution is -0.134. The lowest BCUT2D eigenvalue weighted by Crippen LogP contribution is -2.58. The van der Waals surface area contributed by atoms with Crippen LogP contribution in [0, 0.1) is 5.92 Å². The summed E-state index contributed by atoms with van der Waals surface area (Å²) in [6.07, 6.45) is 9.36. The average Bonchev–Trinajstić information content (AvgIpc) is 3.32. The van der Waals surface area contributed by atoms with Gasteiger partial charge in [0, 0.05) is 6.04 Å². The normalized spacial score (nSPS) is 17.0. The molecule has 1 aliphatic rings. The fraction of sp³-hybridized carbons (Fsp3) is 0.833. The molecule has 0 spiro atoms. The second kappa shape index (κ2) is 18.7. The predicted octanol–water partition coefficient (Wildman–Crippen LogP) is 1.99. The molecular formula is C30H56N6O5. The fourth-order valence-corrected chi connectivity index (χ4v) is 5.12. The van der Waals surface area contributed by atoms with Gasteiger partial charge in [0.25, 0.3) is 0 Å². The van der Waals surface area contributed by atoms with Gasteiger partial charge in [0.15, 0.2) is 0 Å². The molecule has 41 heavy (non-hydrogen) atoms. The van der Waals surface area contributed by atoms with E-state index in [2.05, 4.69) is 47.4 Å². The van der Waals surface area contributed by atoms with Gasteiger partial charge in [0.2, 0.25) is 29.5 Å². The molecule has 0 saturated carbocycles. The Morgan fingerprint density at radius 3 is 2.12 bits per heavy atom. The highest BCUT2D eigenvalue weighted by molar-refractivity contribution is 5.95. The number of carbonyl (C=O) groups is 5. The summed E-state index contributed by atoms with van der Waals surface area (Å²) < 4.78 is 0. The minimum absolute atomic E-state index is 0.00975. The standard InChI is InChI=1S/C30H56N6O5/c1-8-9-10-11-12-13-15-23(34-28(40)24-16-14-17-36(24)7)27(39)31-20-26(38)35-30(5,6)29(41)32-19-25(37)33-22(4)18-21(2)3/h21-24H,8-20H2,1-7H3,(H,31,39)(H,32,41)(H,33,37)(H,34,40)(H,35,38). The van der Waals surface area contributed by atoms with Crippen molar-refractivity contribution in [3.05, 3.63) is 0 Å². The highest BCUT2D eigenvalue weighted by Crippen LogP contribution is 2.16. The molecule has 11 nitrogen and oxygen atoms in total. The van der Waals surface area contributed by atoms with Gasteiger partial charge in [0.05, 0.1) is 19.1 Å². The molecule has 0 radical (unpaired) electrons. The number of carbonyl (C=O) groups excluding carboxylic acids is 5. The number of nitrogens with zero attached hydrogens (tertiary/aromatic N) is 1. The molecule has 1 rings (SSSR count). The quantitative estimate of drug-likeness (QED) is 0.148. The summed E-state index contributed by atoms with van der Waals surface area (Å²) in [6.45, 7) is 11.6. The lowest BCUT2D eigenvalue weighted by Gasteiger charge is -2.26. The van der Waals surface area contributed by atoms with Crippen LogP contribution >= 0.6 is 0 Å². The van der Waals surface area contributed by atoms with Crippen molar-refractivity contribution >= 4 is 29.5 Å². The Hall–Kier alpha value is -2.69. The van der Waals surface area contributed by atoms with Crippen molar-refractivity contribution in [1.82, 2.24) is 31.5 Å². The summed E-state index contributed by atoms with van der Waals surface area (Å²) in [5.41, 5.74) is -1.30. The number of likely N-dealkylation sites (N-methyl/N-ethyl adjacent to an activating group) is 1. The first-order chi connectivity index (χ1) is 19.3. The minimum atomic E-state index is -1.30. The monoisotopic (exact) mass is 580 g/mol. The van der Waals surface area contributed by atoms with Crippen molar-refractivity contribution in [2.45, 2.75) is 129 Å². The van der Waals surface area contributed by atoms with E-state index in [0.29, 0.717) is 12.3 Å². The van der Waals surface area contributed by atoms with E-state index in [1.165, 1.54) is 20.3 Å². The number of amides is 5. The van der Waals surface area contributed by atoms with Crippen LogP contribution in [0.2, 0.25) is 0 Å². The van der Waals surface area contributed by atoms with Crippen LogP contribution in [0.25, 0.3) is 0 Å². The first-order valence-corrected chi connectivity index (χ1v) is 15.4. The van der Waals surface area contributed by atoms with Crippen LogP contribution in [0.5, 0.6) is 0 Å². The molecule has 0 aromatic rings. The van der Waals surface area contributed by atoms with Gasteiger partial charge in [-0.05, 0) is 66.0 Å². The largest absolute Gasteiger partial charge is 0.352 e. The third-order valence-electron chi connectivity index (χ3n) is 7.39.